The molecule has 0 aromatic heterocycles. The van der Waals surface area contributed by atoms with Crippen LogP contribution in [0.4, 0.5) is 0 Å². The molecule has 2 aromatic rings. The number of hydrogen-bond donors (Lipinski definition) is 5. The topological polar surface area (TPSA) is 196 Å². The Hall–Kier alpha value is -3.59. The molecule has 1 heterocycles. The van der Waals surface area contributed by atoms with Crippen LogP contribution in [0.2, 0.25) is 0 Å². The number of phenols is 2. The molecule has 3 aliphatic rings. The van der Waals surface area contributed by atoms with Gasteiger partial charge in [0.2, 0.25) is 5.78 Å². The molecule has 0 saturated carbocycles. The van der Waals surface area contributed by atoms with Gasteiger partial charge in [0.05, 0.1) is 48.4 Å². The van der Waals surface area contributed by atoms with Gasteiger partial charge >= 0.3 is 0 Å². The highest BCUT2D eigenvalue weighted by Crippen LogP contribution is 2.52. The lowest BCUT2D eigenvalue weighted by Crippen LogP contribution is -2.50. The van der Waals surface area contributed by atoms with E-state index in [1.54, 1.807) is 13.3 Å². The molecule has 2 aliphatic carbocycles. The van der Waals surface area contributed by atoms with Crippen LogP contribution in [0.15, 0.2) is 23.2 Å². The van der Waals surface area contributed by atoms with Crippen LogP contribution in [0.3, 0.4) is 0 Å². The van der Waals surface area contributed by atoms with Crippen LogP contribution in [-0.4, -0.2) is 111 Å². The number of hydrogen-bond acceptors (Lipinski definition) is 12. The maximum Gasteiger partial charge on any atom is 0.202 e. The maximum absolute atomic E-state index is 13.9. The van der Waals surface area contributed by atoms with E-state index in [1.807, 2.05) is 0 Å². The second-order valence-electron chi connectivity index (χ2n) is 12.4. The normalized spacial score (nSPS) is 26.4. The van der Waals surface area contributed by atoms with Gasteiger partial charge in [-0.2, -0.15) is 0 Å². The van der Waals surface area contributed by atoms with Crippen molar-refractivity contribution in [2.45, 2.75) is 89.1 Å². The van der Waals surface area contributed by atoms with Gasteiger partial charge in [-0.15, -0.1) is 12.4 Å². The molecule has 13 nitrogen and oxygen atoms in total. The van der Waals surface area contributed by atoms with Crippen molar-refractivity contribution in [3.63, 3.8) is 0 Å². The van der Waals surface area contributed by atoms with Gasteiger partial charge in [0.25, 0.3) is 0 Å². The first kappa shape index (κ1) is 37.2. The first-order valence-corrected chi connectivity index (χ1v) is 15.9. The molecule has 0 spiro atoms. The molecular formula is C34H43ClN2O11. The number of carbonyl (C=O) groups is 3. The van der Waals surface area contributed by atoms with Crippen LogP contribution in [0.25, 0.3) is 0 Å². The molecule has 48 heavy (non-hydrogen) atoms. The van der Waals surface area contributed by atoms with Gasteiger partial charge in [0, 0.05) is 49.0 Å². The van der Waals surface area contributed by atoms with Crippen molar-refractivity contribution in [1.29, 1.82) is 0 Å². The Morgan fingerprint density at radius 1 is 1.10 bits per heavy atom. The van der Waals surface area contributed by atoms with Crippen molar-refractivity contribution in [2.75, 3.05) is 26.8 Å². The summed E-state index contributed by atoms with van der Waals surface area (Å²) in [7, 11) is 1.33. The molecule has 0 amide bonds. The Labute approximate surface area is 284 Å². The van der Waals surface area contributed by atoms with Gasteiger partial charge in [-0.3, -0.25) is 19.4 Å². The molecular weight excluding hydrogens is 648 g/mol. The van der Waals surface area contributed by atoms with Gasteiger partial charge in [0.15, 0.2) is 17.9 Å². The van der Waals surface area contributed by atoms with Crippen molar-refractivity contribution in [3.05, 3.63) is 51.6 Å². The van der Waals surface area contributed by atoms with E-state index >= 15 is 0 Å². The number of aliphatic imine (C=N–C) groups is 1. The number of ether oxygens (including phenoxy) is 3. The van der Waals surface area contributed by atoms with Crippen LogP contribution in [-0.2, 0) is 20.7 Å². The highest BCUT2D eigenvalue weighted by molar-refractivity contribution is 6.31. The fraction of sp³-hybridized carbons (Fsp3) is 0.529. The number of carbonyl (C=O) groups excluding carboxylic acids is 3. The minimum Gasteiger partial charge on any atom is -0.507 e. The number of aliphatic hydroxyl groups is 3. The third kappa shape index (κ3) is 6.55. The van der Waals surface area contributed by atoms with Crippen molar-refractivity contribution < 1.29 is 54.1 Å². The number of benzene rings is 2. The highest BCUT2D eigenvalue weighted by Gasteiger charge is 2.50. The minimum atomic E-state index is -2.26. The molecule has 5 rings (SSSR count). The zero-order chi connectivity index (χ0) is 34.2. The number of ketones is 3. The number of fused-ring (bicyclic) bond motifs is 3. The standard InChI is InChI=1S/C34H42N2O11.ClH/c1-5-10-36(11-6-2)16-35-20-12-24(46-17(3)29(20)39)47-22-14-34(44,23(38)15-37)13-19-26(22)33(43)28-27(31(19)41)30(40)18-8-7-9-21(45-4)25(18)32(28)42;/h7-9,16-17,20,22,24,29,37,39,41,43-44H,5-6,10-15H2,1-4H3;1H/t17?,20-,22-,24?,29+,34?;/m0./s1. The molecule has 5 N–H and O–H groups in total. The lowest BCUT2D eigenvalue weighted by Gasteiger charge is -2.42. The molecule has 6 atom stereocenters. The lowest BCUT2D eigenvalue weighted by atomic mass is 9.72. The van der Waals surface area contributed by atoms with E-state index in [4.69, 9.17) is 14.2 Å². The number of phenolic OH excluding ortho intramolecular Hbond substituents is 2. The number of aliphatic hydroxyl groups excluding tert-OH is 2. The van der Waals surface area contributed by atoms with Gasteiger partial charge in [-0.25, -0.2) is 0 Å². The highest BCUT2D eigenvalue weighted by atomic mass is 35.5. The zero-order valence-corrected chi connectivity index (χ0v) is 28.2. The summed E-state index contributed by atoms with van der Waals surface area (Å²) in [6.07, 6.45) is -1.59. The zero-order valence-electron chi connectivity index (χ0n) is 27.3. The SMILES string of the molecule is CCCN(C=N[C@H]1CC(O[C@H]2CC(O)(C(=O)CO)Cc3c(O)c4c(c(O)c32)C(=O)c2c(OC)cccc2C4=O)OC(C)[C@H]1O)CCC.Cl. The van der Waals surface area contributed by atoms with Crippen LogP contribution in [0.1, 0.15) is 95.5 Å². The summed E-state index contributed by atoms with van der Waals surface area (Å²) >= 11 is 0. The third-order valence-electron chi connectivity index (χ3n) is 9.17. The Kier molecular flexibility index (Phi) is 11.6. The Morgan fingerprint density at radius 2 is 1.77 bits per heavy atom. The third-order valence-corrected chi connectivity index (χ3v) is 9.17. The quantitative estimate of drug-likeness (QED) is 0.112. The predicted octanol–water partition coefficient (Wildman–Crippen LogP) is 2.61. The number of halogens is 1. The summed E-state index contributed by atoms with van der Waals surface area (Å²) in [4.78, 5) is 47.1. The summed E-state index contributed by atoms with van der Waals surface area (Å²) in [5, 5.41) is 55.3. The number of nitrogens with zero attached hydrogens (tertiary/aromatic N) is 2. The van der Waals surface area contributed by atoms with E-state index in [1.165, 1.54) is 25.3 Å². The molecule has 1 aliphatic heterocycles. The average Bonchev–Trinajstić information content (AvgIpc) is 3.05. The Balaban J connectivity index is 0.00000520. The summed E-state index contributed by atoms with van der Waals surface area (Å²) in [6, 6.07) is 3.76. The van der Waals surface area contributed by atoms with E-state index < -0.39 is 95.7 Å². The molecule has 3 unspecified atom stereocenters. The van der Waals surface area contributed by atoms with Crippen molar-refractivity contribution >= 4 is 36.1 Å². The van der Waals surface area contributed by atoms with E-state index in [0.29, 0.717) is 0 Å². The number of Topliss-reactive ketones (excluding diaryl/α,β-unsaturated/α-hetero) is 1. The fourth-order valence-electron chi connectivity index (χ4n) is 6.82. The van der Waals surface area contributed by atoms with Crippen LogP contribution in [0.5, 0.6) is 17.2 Å². The molecule has 14 heteroatoms. The number of methoxy groups -OCH3 is 1. The number of rotatable bonds is 11. The monoisotopic (exact) mass is 690 g/mol. The molecule has 0 bridgehead atoms. The summed E-state index contributed by atoms with van der Waals surface area (Å²) < 4.78 is 17.6. The van der Waals surface area contributed by atoms with Crippen molar-refractivity contribution in [3.8, 4) is 17.2 Å². The largest absolute Gasteiger partial charge is 0.507 e. The van der Waals surface area contributed by atoms with E-state index in [9.17, 15) is 39.9 Å². The van der Waals surface area contributed by atoms with Crippen LogP contribution < -0.4 is 4.74 Å². The summed E-state index contributed by atoms with van der Waals surface area (Å²) in [5.41, 5.74) is -3.60. The Bertz CT molecular complexity index is 1590. The van der Waals surface area contributed by atoms with Crippen molar-refractivity contribution in [1.82, 2.24) is 4.90 Å². The van der Waals surface area contributed by atoms with Gasteiger partial charge in [-0.05, 0) is 25.8 Å². The molecule has 262 valence electrons. The van der Waals surface area contributed by atoms with E-state index in [2.05, 4.69) is 23.7 Å². The molecule has 1 fully saturated rings. The van der Waals surface area contributed by atoms with E-state index in [0.717, 1.165) is 25.9 Å². The minimum absolute atomic E-state index is 0. The fourth-order valence-corrected chi connectivity index (χ4v) is 6.82. The van der Waals surface area contributed by atoms with Gasteiger partial charge in [0.1, 0.15) is 35.6 Å². The predicted molar refractivity (Wildman–Crippen MR) is 175 cm³/mol. The lowest BCUT2D eigenvalue weighted by molar-refractivity contribution is -0.247. The summed E-state index contributed by atoms with van der Waals surface area (Å²) in [6.45, 7) is 6.31. The number of aromatic hydroxyl groups is 2. The first-order valence-electron chi connectivity index (χ1n) is 15.9. The average molecular weight is 691 g/mol. The first-order chi connectivity index (χ1) is 22.4. The second kappa shape index (κ2) is 14.9. The maximum atomic E-state index is 13.9. The van der Waals surface area contributed by atoms with E-state index in [-0.39, 0.29) is 46.8 Å². The smallest absolute Gasteiger partial charge is 0.202 e. The molecule has 0 radical (unpaired) electrons. The van der Waals surface area contributed by atoms with Crippen molar-refractivity contribution in [2.24, 2.45) is 4.99 Å². The second-order valence-corrected chi connectivity index (χ2v) is 12.4. The van der Waals surface area contributed by atoms with Crippen LogP contribution >= 0.6 is 12.4 Å². The van der Waals surface area contributed by atoms with Gasteiger partial charge < -0.3 is 44.6 Å². The van der Waals surface area contributed by atoms with Crippen LogP contribution in [0, 0.1) is 0 Å². The van der Waals surface area contributed by atoms with Gasteiger partial charge in [-0.1, -0.05) is 26.0 Å². The Morgan fingerprint density at radius 3 is 2.40 bits per heavy atom. The molecule has 2 aromatic carbocycles. The summed E-state index contributed by atoms with van der Waals surface area (Å²) in [5.74, 6) is -3.74. The molecule has 1 saturated heterocycles.